The monoisotopic (exact) mass is 458 g/mol. The largest absolute Gasteiger partial charge is 0.384 e. The molecule has 0 saturated heterocycles. The van der Waals surface area contributed by atoms with Crippen molar-refractivity contribution in [1.82, 2.24) is 10.3 Å². The van der Waals surface area contributed by atoms with Gasteiger partial charge < -0.3 is 15.8 Å². The molecule has 170 valence electrons. The Hall–Kier alpha value is -3.97. The van der Waals surface area contributed by atoms with Crippen molar-refractivity contribution in [1.29, 1.82) is 5.26 Å². The maximum absolute atomic E-state index is 14.9. The Labute approximate surface area is 186 Å². The third-order valence-corrected chi connectivity index (χ3v) is 4.74. The van der Waals surface area contributed by atoms with Crippen LogP contribution >= 0.6 is 0 Å². The molecule has 6 nitrogen and oxygen atoms in total. The Bertz CT molecular complexity index is 1180. The molecule has 0 fully saturated rings. The fourth-order valence-corrected chi connectivity index (χ4v) is 3.14. The van der Waals surface area contributed by atoms with Gasteiger partial charge in [-0.2, -0.15) is 5.26 Å². The molecule has 0 saturated carbocycles. The number of nitrogen functional groups attached to an aromatic ring is 1. The Morgan fingerprint density at radius 2 is 1.73 bits per heavy atom. The van der Waals surface area contributed by atoms with E-state index in [0.29, 0.717) is 5.56 Å². The van der Waals surface area contributed by atoms with E-state index in [-0.39, 0.29) is 23.6 Å². The highest BCUT2D eigenvalue weighted by atomic mass is 19.1. The number of ether oxygens (including phenoxy) is 1. The first-order chi connectivity index (χ1) is 15.7. The van der Waals surface area contributed by atoms with Crippen LogP contribution in [0, 0.1) is 34.6 Å². The average Bonchev–Trinajstić information content (AvgIpc) is 2.77. The molecule has 33 heavy (non-hydrogen) atoms. The van der Waals surface area contributed by atoms with Gasteiger partial charge in [0, 0.05) is 30.5 Å². The van der Waals surface area contributed by atoms with Crippen molar-refractivity contribution in [3.05, 3.63) is 82.6 Å². The van der Waals surface area contributed by atoms with Gasteiger partial charge >= 0.3 is 0 Å². The number of rotatable bonds is 7. The zero-order chi connectivity index (χ0) is 24.1. The zero-order valence-electron chi connectivity index (χ0n) is 17.3. The number of amides is 1. The summed E-state index contributed by atoms with van der Waals surface area (Å²) in [5, 5.41) is 11.0. The first kappa shape index (κ1) is 23.7. The number of aromatic nitrogens is 1. The Kier molecular flexibility index (Phi) is 7.25. The van der Waals surface area contributed by atoms with Crippen molar-refractivity contribution in [2.45, 2.75) is 19.6 Å². The van der Waals surface area contributed by atoms with Crippen LogP contribution in [0.15, 0.2) is 42.6 Å². The molecule has 3 rings (SSSR count). The second kappa shape index (κ2) is 10.1. The summed E-state index contributed by atoms with van der Waals surface area (Å²) < 4.78 is 63.2. The van der Waals surface area contributed by atoms with Crippen molar-refractivity contribution in [3.8, 4) is 17.2 Å². The van der Waals surface area contributed by atoms with Gasteiger partial charge in [-0.1, -0.05) is 0 Å². The highest BCUT2D eigenvalue weighted by Crippen LogP contribution is 2.30. The lowest BCUT2D eigenvalue weighted by Gasteiger charge is -2.19. The van der Waals surface area contributed by atoms with Gasteiger partial charge in [0.1, 0.15) is 29.1 Å². The molecular weight excluding hydrogens is 440 g/mol. The van der Waals surface area contributed by atoms with E-state index in [0.717, 1.165) is 24.3 Å². The van der Waals surface area contributed by atoms with Gasteiger partial charge in [-0.25, -0.2) is 22.5 Å². The minimum atomic E-state index is -1.71. The summed E-state index contributed by atoms with van der Waals surface area (Å²) in [6.07, 6.45) is -0.366. The highest BCUT2D eigenvalue weighted by molar-refractivity contribution is 5.82. The van der Waals surface area contributed by atoms with Crippen molar-refractivity contribution in [2.24, 2.45) is 0 Å². The number of carbonyl (C=O) groups is 1. The predicted molar refractivity (Wildman–Crippen MR) is 111 cm³/mol. The van der Waals surface area contributed by atoms with Gasteiger partial charge in [0.25, 0.3) is 5.91 Å². The molecule has 10 heteroatoms. The second-order valence-electron chi connectivity index (χ2n) is 6.91. The third-order valence-electron chi connectivity index (χ3n) is 4.74. The average molecular weight is 458 g/mol. The smallest absolute Gasteiger partial charge is 0.254 e. The number of anilines is 1. The predicted octanol–water partition coefficient (Wildman–Crippen LogP) is 4.15. The van der Waals surface area contributed by atoms with Gasteiger partial charge in [-0.15, -0.1) is 0 Å². The van der Waals surface area contributed by atoms with Crippen LogP contribution in [0.4, 0.5) is 23.4 Å². The molecule has 0 bridgehead atoms. The SMILES string of the molecule is CCOC(C(=O)NCc1c(F)cc(C#N)cc1F)c1c(F)cc(-c2ccc(N)nc2)cc1F. The van der Waals surface area contributed by atoms with Gasteiger partial charge in [-0.05, 0) is 48.9 Å². The van der Waals surface area contributed by atoms with E-state index in [4.69, 9.17) is 15.7 Å². The quantitative estimate of drug-likeness (QED) is 0.518. The summed E-state index contributed by atoms with van der Waals surface area (Å²) in [5.74, 6) is -4.95. The molecule has 3 N–H and O–H groups in total. The summed E-state index contributed by atoms with van der Waals surface area (Å²) in [7, 11) is 0. The van der Waals surface area contributed by atoms with Crippen LogP contribution in [0.2, 0.25) is 0 Å². The van der Waals surface area contributed by atoms with Gasteiger partial charge in [0.15, 0.2) is 6.10 Å². The van der Waals surface area contributed by atoms with Crippen LogP contribution in [-0.4, -0.2) is 17.5 Å². The fourth-order valence-electron chi connectivity index (χ4n) is 3.14. The lowest BCUT2D eigenvalue weighted by molar-refractivity contribution is -0.133. The first-order valence-electron chi connectivity index (χ1n) is 9.73. The molecule has 0 aliphatic rings. The third kappa shape index (κ3) is 5.27. The molecule has 0 aliphatic carbocycles. The number of nitrogens with one attached hydrogen (secondary N) is 1. The number of pyridine rings is 1. The van der Waals surface area contributed by atoms with Crippen molar-refractivity contribution >= 4 is 11.7 Å². The maximum atomic E-state index is 14.9. The summed E-state index contributed by atoms with van der Waals surface area (Å²) in [6.45, 7) is 0.828. The molecule has 0 radical (unpaired) electrons. The molecule has 1 unspecified atom stereocenters. The second-order valence-corrected chi connectivity index (χ2v) is 6.91. The van der Waals surface area contributed by atoms with Crippen LogP contribution in [-0.2, 0) is 16.1 Å². The zero-order valence-corrected chi connectivity index (χ0v) is 17.3. The number of benzene rings is 2. The summed E-state index contributed by atoms with van der Waals surface area (Å²) in [4.78, 5) is 16.5. The minimum Gasteiger partial charge on any atom is -0.384 e. The normalized spacial score (nSPS) is 11.6. The molecule has 0 spiro atoms. The first-order valence-corrected chi connectivity index (χ1v) is 9.73. The van der Waals surface area contributed by atoms with E-state index in [1.165, 1.54) is 25.3 Å². The topological polar surface area (TPSA) is 101 Å². The minimum absolute atomic E-state index is 0.0693. The number of hydrogen-bond donors (Lipinski definition) is 2. The number of hydrogen-bond acceptors (Lipinski definition) is 5. The Balaban J connectivity index is 1.87. The lowest BCUT2D eigenvalue weighted by atomic mass is 10.0. The molecule has 1 atom stereocenters. The standard InChI is InChI=1S/C23H18F4N4O2/c1-2-33-22(23(32)31-11-15-16(24)5-12(9-28)6-17(15)25)21-18(26)7-14(8-19(21)27)13-3-4-20(29)30-10-13/h3-8,10,22H,2,11H2,1H3,(H2,29,30)(H,31,32). The van der Waals surface area contributed by atoms with Gasteiger partial charge in [0.2, 0.25) is 0 Å². The van der Waals surface area contributed by atoms with E-state index in [2.05, 4.69) is 10.3 Å². The molecule has 1 aromatic heterocycles. The molecule has 3 aromatic rings. The molecule has 1 amide bonds. The highest BCUT2D eigenvalue weighted by Gasteiger charge is 2.29. The van der Waals surface area contributed by atoms with E-state index < -0.39 is 53.0 Å². The molecule has 2 aromatic carbocycles. The van der Waals surface area contributed by atoms with Crippen molar-refractivity contribution < 1.29 is 27.1 Å². The van der Waals surface area contributed by atoms with E-state index >= 15 is 0 Å². The summed E-state index contributed by atoms with van der Waals surface area (Å²) >= 11 is 0. The van der Waals surface area contributed by atoms with E-state index in [9.17, 15) is 22.4 Å². The van der Waals surface area contributed by atoms with Crippen LogP contribution in [0.1, 0.15) is 29.7 Å². The van der Waals surface area contributed by atoms with Crippen molar-refractivity contribution in [3.63, 3.8) is 0 Å². The Morgan fingerprint density at radius 3 is 2.24 bits per heavy atom. The number of nitrogens with two attached hydrogens (primary N) is 1. The number of nitriles is 1. The van der Waals surface area contributed by atoms with Crippen molar-refractivity contribution in [2.75, 3.05) is 12.3 Å². The maximum Gasteiger partial charge on any atom is 0.254 e. The number of carbonyl (C=O) groups excluding carboxylic acids is 1. The number of nitrogens with zero attached hydrogens (tertiary/aromatic N) is 2. The van der Waals surface area contributed by atoms with E-state index in [1.807, 2.05) is 0 Å². The summed E-state index contributed by atoms with van der Waals surface area (Å²) in [6, 6.07) is 8.27. The van der Waals surface area contributed by atoms with Crippen LogP contribution in [0.25, 0.3) is 11.1 Å². The lowest BCUT2D eigenvalue weighted by Crippen LogP contribution is -2.32. The summed E-state index contributed by atoms with van der Waals surface area (Å²) in [5.41, 5.74) is 4.69. The Morgan fingerprint density at radius 1 is 1.09 bits per heavy atom. The van der Waals surface area contributed by atoms with E-state index in [1.54, 1.807) is 6.07 Å². The van der Waals surface area contributed by atoms with Crippen LogP contribution in [0.3, 0.4) is 0 Å². The van der Waals surface area contributed by atoms with Gasteiger partial charge in [0.05, 0.1) is 17.2 Å². The van der Waals surface area contributed by atoms with Crippen LogP contribution in [0.5, 0.6) is 0 Å². The molecule has 0 aliphatic heterocycles. The molecule has 1 heterocycles. The number of halogens is 4. The molecular formula is C23H18F4N4O2. The fraction of sp³-hybridized carbons (Fsp3) is 0.174. The van der Waals surface area contributed by atoms with Gasteiger partial charge in [-0.3, -0.25) is 4.79 Å². The van der Waals surface area contributed by atoms with Crippen LogP contribution < -0.4 is 11.1 Å².